The molecule has 2 aromatic heterocycles. The molecule has 2 heterocycles. The number of aromatic amines is 1. The summed E-state index contributed by atoms with van der Waals surface area (Å²) in [7, 11) is 0. The number of aromatic nitrogens is 2. The first-order chi connectivity index (χ1) is 14.5. The predicted molar refractivity (Wildman–Crippen MR) is 125 cm³/mol. The van der Waals surface area contributed by atoms with Gasteiger partial charge in [-0.1, -0.05) is 46.3 Å². The largest absolute Gasteiger partial charge is 0.357 e. The van der Waals surface area contributed by atoms with Crippen molar-refractivity contribution in [2.24, 2.45) is 10.2 Å². The summed E-state index contributed by atoms with van der Waals surface area (Å²) in [5.74, 6) is 0.0275. The second-order valence-electron chi connectivity index (χ2n) is 6.75. The quantitative estimate of drug-likeness (QED) is 0.221. The van der Waals surface area contributed by atoms with Crippen molar-refractivity contribution < 1.29 is 4.79 Å². The minimum atomic E-state index is 0.0275. The van der Waals surface area contributed by atoms with E-state index in [1.165, 1.54) is 11.3 Å². The van der Waals surface area contributed by atoms with Gasteiger partial charge in [-0.2, -0.15) is 5.10 Å². The van der Waals surface area contributed by atoms with Gasteiger partial charge in [0.2, 0.25) is 4.80 Å². The van der Waals surface area contributed by atoms with Crippen LogP contribution in [0.5, 0.6) is 0 Å². The van der Waals surface area contributed by atoms with Crippen molar-refractivity contribution in [1.29, 1.82) is 0 Å². The zero-order valence-corrected chi connectivity index (χ0v) is 18.9. The number of ketones is 1. The van der Waals surface area contributed by atoms with Crippen LogP contribution in [-0.4, -0.2) is 21.5 Å². The maximum atomic E-state index is 11.6. The van der Waals surface area contributed by atoms with Crippen LogP contribution < -0.4 is 4.80 Å². The highest BCUT2D eigenvalue weighted by Gasteiger charge is 2.10. The van der Waals surface area contributed by atoms with E-state index in [1.807, 2.05) is 49.4 Å². The smallest absolute Gasteiger partial charge is 0.215 e. The van der Waals surface area contributed by atoms with Crippen LogP contribution >= 0.6 is 27.3 Å². The Morgan fingerprint density at radius 2 is 1.87 bits per heavy atom. The van der Waals surface area contributed by atoms with E-state index in [2.05, 4.69) is 53.2 Å². The lowest BCUT2D eigenvalue weighted by molar-refractivity contribution is 0.101. The summed E-state index contributed by atoms with van der Waals surface area (Å²) in [6, 6.07) is 20.1. The summed E-state index contributed by atoms with van der Waals surface area (Å²) in [5, 5.41) is 10.8. The molecule has 0 aliphatic rings. The molecule has 7 heteroatoms. The molecule has 150 valence electrons. The third-order valence-electron chi connectivity index (χ3n) is 4.62. The van der Waals surface area contributed by atoms with E-state index in [4.69, 9.17) is 0 Å². The van der Waals surface area contributed by atoms with Crippen LogP contribution in [0.4, 0.5) is 0 Å². The van der Waals surface area contributed by atoms with Crippen LogP contribution in [0.25, 0.3) is 16.9 Å². The number of Topliss-reactive ketones (excluding diaryl/α,β-unsaturated/α-hetero) is 1. The summed E-state index contributed by atoms with van der Waals surface area (Å²) < 4.78 is 3.13. The van der Waals surface area contributed by atoms with Gasteiger partial charge in [-0.15, -0.1) is 16.4 Å². The number of hydrogen-bond donors (Lipinski definition) is 1. The number of benzene rings is 2. The number of rotatable bonds is 5. The number of thiazole rings is 1. The van der Waals surface area contributed by atoms with Gasteiger partial charge >= 0.3 is 0 Å². The van der Waals surface area contributed by atoms with Gasteiger partial charge < -0.3 is 4.98 Å². The maximum absolute atomic E-state index is 11.6. The normalized spacial score (nSPS) is 12.0. The molecule has 2 aromatic carbocycles. The highest BCUT2D eigenvalue weighted by molar-refractivity contribution is 9.10. The molecule has 0 spiro atoms. The molecule has 0 amide bonds. The van der Waals surface area contributed by atoms with Gasteiger partial charge in [0.25, 0.3) is 0 Å². The Labute approximate surface area is 186 Å². The van der Waals surface area contributed by atoms with E-state index in [9.17, 15) is 4.79 Å². The second kappa shape index (κ2) is 8.77. The van der Waals surface area contributed by atoms with Crippen molar-refractivity contribution in [3.63, 3.8) is 0 Å². The van der Waals surface area contributed by atoms with Gasteiger partial charge in [0, 0.05) is 26.8 Å². The summed E-state index contributed by atoms with van der Waals surface area (Å²) in [5.41, 5.74) is 5.40. The molecule has 1 N–H and O–H groups in total. The number of para-hydroxylation sites is 1. The fourth-order valence-electron chi connectivity index (χ4n) is 3.19. The molecule has 0 saturated heterocycles. The number of hydrogen-bond acceptors (Lipinski definition) is 4. The molecule has 0 saturated carbocycles. The third-order valence-corrected chi connectivity index (χ3v) is 5.96. The topological polar surface area (TPSA) is 62.5 Å². The monoisotopic (exact) mass is 478 g/mol. The van der Waals surface area contributed by atoms with Crippen molar-refractivity contribution in [2.45, 2.75) is 13.8 Å². The molecule has 4 rings (SSSR count). The summed E-state index contributed by atoms with van der Waals surface area (Å²) in [4.78, 5) is 15.6. The van der Waals surface area contributed by atoms with Crippen molar-refractivity contribution in [1.82, 2.24) is 9.55 Å². The van der Waals surface area contributed by atoms with Gasteiger partial charge in [-0.3, -0.25) is 9.36 Å². The number of H-pyrrole nitrogens is 1. The van der Waals surface area contributed by atoms with Crippen LogP contribution in [0.15, 0.2) is 80.7 Å². The number of nitrogens with one attached hydrogen (secondary N) is 1. The first kappa shape index (κ1) is 20.3. The molecule has 0 bridgehead atoms. The Balaban J connectivity index is 1.77. The zero-order valence-electron chi connectivity index (χ0n) is 16.5. The minimum Gasteiger partial charge on any atom is -0.357 e. The minimum absolute atomic E-state index is 0.0275. The van der Waals surface area contributed by atoms with Crippen molar-refractivity contribution in [3.8, 4) is 16.9 Å². The molecule has 30 heavy (non-hydrogen) atoms. The summed E-state index contributed by atoms with van der Waals surface area (Å²) in [6.45, 7) is 3.43. The van der Waals surface area contributed by atoms with Gasteiger partial charge in [-0.25, -0.2) is 0 Å². The third kappa shape index (κ3) is 4.27. The number of carbonyl (C=O) groups excluding carboxylic acids is 1. The Hall–Kier alpha value is -3.03. The van der Waals surface area contributed by atoms with Crippen molar-refractivity contribution >= 4 is 39.3 Å². The highest BCUT2D eigenvalue weighted by Crippen LogP contribution is 2.25. The van der Waals surface area contributed by atoms with E-state index >= 15 is 0 Å². The average molecular weight is 479 g/mol. The number of halogens is 1. The average Bonchev–Trinajstić information content (AvgIpc) is 3.33. The van der Waals surface area contributed by atoms with Crippen LogP contribution in [0.1, 0.15) is 28.7 Å². The summed E-state index contributed by atoms with van der Waals surface area (Å²) in [6.07, 6.45) is 1.63. The predicted octanol–water partition coefficient (Wildman–Crippen LogP) is 5.74. The van der Waals surface area contributed by atoms with Crippen LogP contribution in [-0.2, 0) is 0 Å². The molecule has 5 nitrogen and oxygen atoms in total. The molecular formula is C23H19BrN4OS. The molecule has 4 aromatic rings. The fraction of sp³-hybridized carbons (Fsp3) is 0.0870. The lowest BCUT2D eigenvalue weighted by atomic mass is 10.1. The number of carbonyl (C=O) groups is 1. The van der Waals surface area contributed by atoms with Crippen LogP contribution in [0, 0.1) is 6.92 Å². The Kier molecular flexibility index (Phi) is 5.92. The molecule has 0 atom stereocenters. The Bertz CT molecular complexity index is 1280. The van der Waals surface area contributed by atoms with Gasteiger partial charge in [0.1, 0.15) is 0 Å². The van der Waals surface area contributed by atoms with Crippen molar-refractivity contribution in [3.05, 3.63) is 92.3 Å². The summed E-state index contributed by atoms with van der Waals surface area (Å²) >= 11 is 5.02. The Morgan fingerprint density at radius 1 is 1.13 bits per heavy atom. The second-order valence-corrected chi connectivity index (χ2v) is 8.50. The van der Waals surface area contributed by atoms with E-state index in [0.717, 1.165) is 37.6 Å². The number of nitrogens with zero attached hydrogens (tertiary/aromatic N) is 3. The van der Waals surface area contributed by atoms with Gasteiger partial charge in [-0.05, 0) is 49.7 Å². The fourth-order valence-corrected chi connectivity index (χ4v) is 4.32. The molecule has 0 unspecified atom stereocenters. The lowest BCUT2D eigenvalue weighted by Crippen LogP contribution is -2.13. The zero-order chi connectivity index (χ0) is 21.1. The van der Waals surface area contributed by atoms with Crippen LogP contribution in [0.2, 0.25) is 0 Å². The van der Waals surface area contributed by atoms with E-state index in [1.54, 1.807) is 19.2 Å². The number of aryl methyl sites for hydroxylation is 1. The van der Waals surface area contributed by atoms with Crippen LogP contribution in [0.3, 0.4) is 0 Å². The van der Waals surface area contributed by atoms with E-state index < -0.39 is 0 Å². The first-order valence-corrected chi connectivity index (χ1v) is 11.0. The van der Waals surface area contributed by atoms with Gasteiger partial charge in [0.05, 0.1) is 17.6 Å². The van der Waals surface area contributed by atoms with Crippen molar-refractivity contribution in [2.75, 3.05) is 0 Å². The van der Waals surface area contributed by atoms with E-state index in [0.29, 0.717) is 5.56 Å². The van der Waals surface area contributed by atoms with Gasteiger partial charge in [0.15, 0.2) is 5.78 Å². The van der Waals surface area contributed by atoms with E-state index in [-0.39, 0.29) is 5.78 Å². The highest BCUT2D eigenvalue weighted by atomic mass is 79.9. The standard InChI is InChI=1S/C23H19BrN4OS/c1-15-21(16(2)29)12-19(26-15)13-25-27-23-28(20-6-4-3-5-7-20)22(14-30-23)17-8-10-18(24)11-9-17/h3-14,26H,1-2H3/b25-13+,27-23-. The lowest BCUT2D eigenvalue weighted by Gasteiger charge is -2.09. The SMILES string of the molecule is CC(=O)c1cc(/C=N/N=c2\scc(-c3ccc(Br)cc3)n2-c2ccccc2)[nH]c1C. The Morgan fingerprint density at radius 3 is 2.53 bits per heavy atom. The molecule has 0 radical (unpaired) electrons. The molecule has 0 aliphatic carbocycles. The maximum Gasteiger partial charge on any atom is 0.215 e. The molecule has 0 fully saturated rings. The molecule has 0 aliphatic heterocycles. The molecular weight excluding hydrogens is 460 g/mol. The first-order valence-electron chi connectivity index (χ1n) is 9.32.